The molecule has 1 aliphatic heterocycles. The molecule has 2 aromatic carbocycles. The van der Waals surface area contributed by atoms with E-state index in [4.69, 9.17) is 21.3 Å². The molecule has 8 heteroatoms. The molecule has 0 radical (unpaired) electrons. The third-order valence-corrected chi connectivity index (χ3v) is 4.79. The van der Waals surface area contributed by atoms with E-state index in [0.717, 1.165) is 5.69 Å². The largest absolute Gasteiger partial charge is 0.443 e. The normalized spacial score (nSPS) is 14.4. The van der Waals surface area contributed by atoms with Crippen molar-refractivity contribution in [2.75, 3.05) is 31.1 Å². The van der Waals surface area contributed by atoms with Crippen LogP contribution >= 0.6 is 11.6 Å². The second-order valence-corrected chi connectivity index (χ2v) is 6.68. The van der Waals surface area contributed by atoms with Gasteiger partial charge in [-0.1, -0.05) is 11.6 Å². The summed E-state index contributed by atoms with van der Waals surface area (Å²) in [5.41, 5.74) is 2.11. The van der Waals surface area contributed by atoms with Crippen LogP contribution in [0, 0.1) is 17.1 Å². The van der Waals surface area contributed by atoms with Crippen LogP contribution in [0.25, 0.3) is 11.1 Å². The van der Waals surface area contributed by atoms with Crippen molar-refractivity contribution in [3.05, 3.63) is 58.7 Å². The Labute approximate surface area is 159 Å². The van der Waals surface area contributed by atoms with Crippen molar-refractivity contribution in [1.29, 1.82) is 5.26 Å². The molecule has 3 aromatic rings. The fraction of sp³-hybridized carbons (Fsp3) is 0.211. The van der Waals surface area contributed by atoms with Gasteiger partial charge in [0, 0.05) is 43.0 Å². The van der Waals surface area contributed by atoms with Gasteiger partial charge in [0.25, 0.3) is 5.91 Å². The van der Waals surface area contributed by atoms with Crippen LogP contribution in [0.3, 0.4) is 0 Å². The van der Waals surface area contributed by atoms with Crippen LogP contribution in [0.5, 0.6) is 0 Å². The van der Waals surface area contributed by atoms with E-state index in [9.17, 15) is 9.18 Å². The van der Waals surface area contributed by atoms with Crippen LogP contribution in [0.15, 0.2) is 41.1 Å². The molecule has 136 valence electrons. The van der Waals surface area contributed by atoms with E-state index in [1.165, 1.54) is 18.5 Å². The van der Waals surface area contributed by atoms with Crippen molar-refractivity contribution >= 4 is 34.3 Å². The van der Waals surface area contributed by atoms with Crippen LogP contribution in [0.1, 0.15) is 15.9 Å². The molecule has 0 aliphatic carbocycles. The van der Waals surface area contributed by atoms with Gasteiger partial charge < -0.3 is 14.2 Å². The number of fused-ring (bicyclic) bond motifs is 1. The highest BCUT2D eigenvalue weighted by Crippen LogP contribution is 2.25. The molecule has 1 fully saturated rings. The van der Waals surface area contributed by atoms with E-state index in [-0.39, 0.29) is 17.1 Å². The third-order valence-electron chi connectivity index (χ3n) is 4.57. The number of hydrogen-bond donors (Lipinski definition) is 0. The molecule has 0 unspecified atom stereocenters. The summed E-state index contributed by atoms with van der Waals surface area (Å²) in [4.78, 5) is 20.5. The number of benzene rings is 2. The second-order valence-electron chi connectivity index (χ2n) is 6.24. The Kier molecular flexibility index (Phi) is 4.42. The Hall–Kier alpha value is -3.11. The standard InChI is InChI=1S/C19H14ClFN4O2/c20-13-5-12(10-22)6-15(7-13)24-1-3-25(4-2-24)19(26)16-8-14(21)9-17-18(16)27-11-23-17/h5-9,11H,1-4H2. The monoisotopic (exact) mass is 384 g/mol. The van der Waals surface area contributed by atoms with Gasteiger partial charge in [-0.3, -0.25) is 4.79 Å². The number of hydrogen-bond acceptors (Lipinski definition) is 5. The zero-order valence-corrected chi connectivity index (χ0v) is 14.9. The lowest BCUT2D eigenvalue weighted by atomic mass is 10.1. The molecular weight excluding hydrogens is 371 g/mol. The van der Waals surface area contributed by atoms with E-state index in [0.29, 0.717) is 42.3 Å². The summed E-state index contributed by atoms with van der Waals surface area (Å²) in [6, 6.07) is 9.68. The number of oxazole rings is 1. The zero-order chi connectivity index (χ0) is 19.0. The number of piperazine rings is 1. The lowest BCUT2D eigenvalue weighted by Crippen LogP contribution is -2.48. The molecule has 0 saturated carbocycles. The van der Waals surface area contributed by atoms with Crippen molar-refractivity contribution in [2.24, 2.45) is 0 Å². The Morgan fingerprint density at radius 2 is 1.96 bits per heavy atom. The van der Waals surface area contributed by atoms with Crippen LogP contribution in [-0.2, 0) is 0 Å². The first kappa shape index (κ1) is 17.3. The van der Waals surface area contributed by atoms with Gasteiger partial charge in [-0.05, 0) is 24.3 Å². The predicted octanol–water partition coefficient (Wildman–Crippen LogP) is 3.45. The molecule has 0 N–H and O–H groups in total. The molecule has 4 rings (SSSR count). The molecule has 0 atom stereocenters. The van der Waals surface area contributed by atoms with E-state index < -0.39 is 5.82 Å². The van der Waals surface area contributed by atoms with Crippen LogP contribution < -0.4 is 4.90 Å². The summed E-state index contributed by atoms with van der Waals surface area (Å²) in [7, 11) is 0. The number of rotatable bonds is 2. The minimum absolute atomic E-state index is 0.172. The van der Waals surface area contributed by atoms with Gasteiger partial charge in [0.05, 0.1) is 17.2 Å². The number of amides is 1. The van der Waals surface area contributed by atoms with Gasteiger partial charge in [-0.2, -0.15) is 5.26 Å². The molecule has 1 aromatic heterocycles. The number of aromatic nitrogens is 1. The summed E-state index contributed by atoms with van der Waals surface area (Å²) in [5, 5.41) is 9.59. The van der Waals surface area contributed by atoms with Crippen molar-refractivity contribution in [2.45, 2.75) is 0 Å². The van der Waals surface area contributed by atoms with E-state index in [1.54, 1.807) is 23.1 Å². The van der Waals surface area contributed by atoms with Gasteiger partial charge in [-0.15, -0.1) is 0 Å². The van der Waals surface area contributed by atoms with Gasteiger partial charge in [0.15, 0.2) is 12.0 Å². The number of carbonyl (C=O) groups excluding carboxylic acids is 1. The Morgan fingerprint density at radius 1 is 1.19 bits per heavy atom. The molecule has 2 heterocycles. The number of carbonyl (C=O) groups is 1. The smallest absolute Gasteiger partial charge is 0.257 e. The van der Waals surface area contributed by atoms with Crippen LogP contribution in [0.4, 0.5) is 10.1 Å². The highest BCUT2D eigenvalue weighted by Gasteiger charge is 2.25. The molecular formula is C19H14ClFN4O2. The molecule has 0 bridgehead atoms. The van der Waals surface area contributed by atoms with Gasteiger partial charge in [0.2, 0.25) is 0 Å². The Balaban J connectivity index is 1.52. The predicted molar refractivity (Wildman–Crippen MR) is 98.3 cm³/mol. The number of nitrogens with zero attached hydrogens (tertiary/aromatic N) is 4. The molecule has 27 heavy (non-hydrogen) atoms. The van der Waals surface area contributed by atoms with Crippen molar-refractivity contribution in [3.8, 4) is 6.07 Å². The summed E-state index contributed by atoms with van der Waals surface area (Å²) >= 11 is 6.07. The highest BCUT2D eigenvalue weighted by atomic mass is 35.5. The SMILES string of the molecule is N#Cc1cc(Cl)cc(N2CCN(C(=O)c3cc(F)cc4ncoc34)CC2)c1. The van der Waals surface area contributed by atoms with E-state index in [2.05, 4.69) is 16.0 Å². The molecule has 1 amide bonds. The summed E-state index contributed by atoms with van der Waals surface area (Å²) in [6.45, 7) is 2.07. The van der Waals surface area contributed by atoms with Gasteiger partial charge in [0.1, 0.15) is 11.3 Å². The first-order valence-electron chi connectivity index (χ1n) is 8.33. The summed E-state index contributed by atoms with van der Waals surface area (Å²) < 4.78 is 19.1. The molecule has 1 aliphatic rings. The molecule has 1 saturated heterocycles. The highest BCUT2D eigenvalue weighted by molar-refractivity contribution is 6.31. The van der Waals surface area contributed by atoms with Crippen molar-refractivity contribution in [1.82, 2.24) is 9.88 Å². The summed E-state index contributed by atoms with van der Waals surface area (Å²) in [5.74, 6) is -0.818. The maximum atomic E-state index is 13.8. The lowest BCUT2D eigenvalue weighted by Gasteiger charge is -2.36. The number of anilines is 1. The fourth-order valence-electron chi connectivity index (χ4n) is 3.25. The van der Waals surface area contributed by atoms with E-state index >= 15 is 0 Å². The quantitative estimate of drug-likeness (QED) is 0.676. The van der Waals surface area contributed by atoms with E-state index in [1.807, 2.05) is 0 Å². The third kappa shape index (κ3) is 3.32. The minimum Gasteiger partial charge on any atom is -0.443 e. The lowest BCUT2D eigenvalue weighted by molar-refractivity contribution is 0.0747. The van der Waals surface area contributed by atoms with Crippen molar-refractivity contribution in [3.63, 3.8) is 0 Å². The van der Waals surface area contributed by atoms with Crippen molar-refractivity contribution < 1.29 is 13.6 Å². The Bertz CT molecular complexity index is 1070. The van der Waals surface area contributed by atoms with Crippen LogP contribution in [-0.4, -0.2) is 42.0 Å². The minimum atomic E-state index is -0.527. The average molecular weight is 385 g/mol. The second kappa shape index (κ2) is 6.89. The Morgan fingerprint density at radius 3 is 2.70 bits per heavy atom. The summed E-state index contributed by atoms with van der Waals surface area (Å²) in [6.07, 6.45) is 1.20. The van der Waals surface area contributed by atoms with Gasteiger partial charge in [-0.25, -0.2) is 9.37 Å². The molecule has 0 spiro atoms. The first-order chi connectivity index (χ1) is 13.0. The average Bonchev–Trinajstić information content (AvgIpc) is 3.14. The molecule has 6 nitrogen and oxygen atoms in total. The number of halogens is 2. The number of nitriles is 1. The van der Waals surface area contributed by atoms with Crippen LogP contribution in [0.2, 0.25) is 5.02 Å². The topological polar surface area (TPSA) is 73.4 Å². The maximum absolute atomic E-state index is 13.8. The first-order valence-corrected chi connectivity index (χ1v) is 8.70. The van der Waals surface area contributed by atoms with Gasteiger partial charge >= 0.3 is 0 Å². The fourth-order valence-corrected chi connectivity index (χ4v) is 3.48. The maximum Gasteiger partial charge on any atom is 0.257 e. The zero-order valence-electron chi connectivity index (χ0n) is 14.2.